The zero-order valence-corrected chi connectivity index (χ0v) is 12.1. The maximum atomic E-state index is 11.8. The number of aryl methyl sites for hydroxylation is 2. The van der Waals surface area contributed by atoms with Crippen molar-refractivity contribution in [2.45, 2.75) is 19.9 Å². The summed E-state index contributed by atoms with van der Waals surface area (Å²) in [5.74, 6) is -0.249. The number of rotatable bonds is 5. The van der Waals surface area contributed by atoms with Crippen molar-refractivity contribution < 1.29 is 4.79 Å². The van der Waals surface area contributed by atoms with E-state index >= 15 is 0 Å². The van der Waals surface area contributed by atoms with Crippen molar-refractivity contribution in [1.82, 2.24) is 14.3 Å². The lowest BCUT2D eigenvalue weighted by Crippen LogP contribution is -2.19. The highest BCUT2D eigenvalue weighted by Crippen LogP contribution is 2.05. The Hall–Kier alpha value is -2.63. The molecule has 0 unspecified atom stereocenters. The van der Waals surface area contributed by atoms with Gasteiger partial charge in [-0.05, 0) is 18.6 Å². The van der Waals surface area contributed by atoms with Gasteiger partial charge in [0.1, 0.15) is 0 Å². The summed E-state index contributed by atoms with van der Waals surface area (Å²) in [6.45, 7) is 2.63. The van der Waals surface area contributed by atoms with Gasteiger partial charge < -0.3 is 9.88 Å². The van der Waals surface area contributed by atoms with E-state index in [1.54, 1.807) is 33.8 Å². The van der Waals surface area contributed by atoms with Crippen LogP contribution in [-0.4, -0.2) is 20.3 Å². The molecule has 1 amide bonds. The highest BCUT2D eigenvalue weighted by atomic mass is 16.1. The predicted molar refractivity (Wildman–Crippen MR) is 81.9 cm³/mol. The number of nitrogens with one attached hydrogen (secondary N) is 1. The van der Waals surface area contributed by atoms with Crippen LogP contribution in [0, 0.1) is 0 Å². The fourth-order valence-electron chi connectivity index (χ4n) is 1.90. The number of hydrogen-bond acceptors (Lipinski definition) is 3. The predicted octanol–water partition coefficient (Wildman–Crippen LogP) is 1.64. The maximum Gasteiger partial charge on any atom is 0.250 e. The molecule has 0 atom stereocenters. The Kier molecular flexibility index (Phi) is 4.71. The molecule has 1 N–H and O–H groups in total. The normalized spacial score (nSPS) is 11.0. The van der Waals surface area contributed by atoms with Crippen LogP contribution in [0.5, 0.6) is 0 Å². The third-order valence-electron chi connectivity index (χ3n) is 2.87. The molecule has 0 spiro atoms. The van der Waals surface area contributed by atoms with Crippen LogP contribution in [0.25, 0.3) is 6.08 Å². The van der Waals surface area contributed by atoms with Gasteiger partial charge in [0.05, 0.1) is 11.9 Å². The number of anilines is 1. The number of carbonyl (C=O) groups is 1. The Morgan fingerprint density at radius 3 is 2.86 bits per heavy atom. The van der Waals surface area contributed by atoms with E-state index in [0.29, 0.717) is 12.2 Å². The number of hydrogen-bond donors (Lipinski definition) is 1. The van der Waals surface area contributed by atoms with Crippen molar-refractivity contribution in [2.75, 3.05) is 5.32 Å². The monoisotopic (exact) mass is 286 g/mol. The molecule has 2 aromatic heterocycles. The van der Waals surface area contributed by atoms with Gasteiger partial charge in [-0.15, -0.1) is 0 Å². The highest BCUT2D eigenvalue weighted by Gasteiger charge is 2.01. The minimum absolute atomic E-state index is 0.0687. The standard InChI is InChI=1S/C15H18N4O2/c1-3-8-19-11-13(5-7-15(19)21)17-14(20)6-4-12-9-16-18(2)10-12/h4-7,9-11H,3,8H2,1-2H3,(H,17,20)/b6-4+. The molecule has 6 heteroatoms. The van der Waals surface area contributed by atoms with Crippen LogP contribution >= 0.6 is 0 Å². The molecule has 110 valence electrons. The molecule has 0 aliphatic carbocycles. The largest absolute Gasteiger partial charge is 0.321 e. The molecule has 2 heterocycles. The van der Waals surface area contributed by atoms with Gasteiger partial charge in [0.2, 0.25) is 5.91 Å². The van der Waals surface area contributed by atoms with E-state index < -0.39 is 0 Å². The topological polar surface area (TPSA) is 68.9 Å². The molecule has 0 radical (unpaired) electrons. The van der Waals surface area contributed by atoms with Crippen molar-refractivity contribution in [2.24, 2.45) is 7.05 Å². The van der Waals surface area contributed by atoms with E-state index in [9.17, 15) is 9.59 Å². The number of pyridine rings is 1. The smallest absolute Gasteiger partial charge is 0.250 e. The zero-order valence-electron chi connectivity index (χ0n) is 12.1. The lowest BCUT2D eigenvalue weighted by molar-refractivity contribution is -0.111. The molecule has 2 aromatic rings. The Balaban J connectivity index is 2.04. The molecule has 6 nitrogen and oxygen atoms in total. The molecular formula is C15H18N4O2. The quantitative estimate of drug-likeness (QED) is 0.850. The number of aromatic nitrogens is 3. The molecule has 0 saturated heterocycles. The SMILES string of the molecule is CCCn1cc(NC(=O)/C=C/c2cnn(C)c2)ccc1=O. The van der Waals surface area contributed by atoms with E-state index in [0.717, 1.165) is 12.0 Å². The van der Waals surface area contributed by atoms with Crippen molar-refractivity contribution in [3.05, 3.63) is 52.7 Å². The first-order valence-electron chi connectivity index (χ1n) is 6.76. The Morgan fingerprint density at radius 2 is 2.19 bits per heavy atom. The second-order valence-corrected chi connectivity index (χ2v) is 4.72. The van der Waals surface area contributed by atoms with Crippen molar-refractivity contribution in [1.29, 1.82) is 0 Å². The van der Waals surface area contributed by atoms with Crippen LogP contribution < -0.4 is 10.9 Å². The molecule has 0 bridgehead atoms. The van der Waals surface area contributed by atoms with Gasteiger partial charge in [-0.3, -0.25) is 14.3 Å². The summed E-state index contributed by atoms with van der Waals surface area (Å²) >= 11 is 0. The van der Waals surface area contributed by atoms with Gasteiger partial charge >= 0.3 is 0 Å². The van der Waals surface area contributed by atoms with Crippen LogP contribution in [0.4, 0.5) is 5.69 Å². The van der Waals surface area contributed by atoms with Crippen LogP contribution in [0.1, 0.15) is 18.9 Å². The van der Waals surface area contributed by atoms with E-state index in [-0.39, 0.29) is 11.5 Å². The first-order valence-corrected chi connectivity index (χ1v) is 6.76. The van der Waals surface area contributed by atoms with Crippen molar-refractivity contribution in [3.8, 4) is 0 Å². The summed E-state index contributed by atoms with van der Waals surface area (Å²) in [6, 6.07) is 3.06. The van der Waals surface area contributed by atoms with Crippen LogP contribution in [0.15, 0.2) is 41.6 Å². The molecule has 0 fully saturated rings. The summed E-state index contributed by atoms with van der Waals surface area (Å²) in [7, 11) is 1.81. The fraction of sp³-hybridized carbons (Fsp3) is 0.267. The van der Waals surface area contributed by atoms with Gasteiger partial charge in [-0.2, -0.15) is 5.10 Å². The third-order valence-corrected chi connectivity index (χ3v) is 2.87. The molecule has 0 aliphatic heterocycles. The van der Waals surface area contributed by atoms with Crippen LogP contribution in [0.2, 0.25) is 0 Å². The van der Waals surface area contributed by atoms with Crippen LogP contribution in [-0.2, 0) is 18.4 Å². The van der Waals surface area contributed by atoms with E-state index in [1.807, 2.05) is 20.2 Å². The summed E-state index contributed by atoms with van der Waals surface area (Å²) < 4.78 is 3.25. The van der Waals surface area contributed by atoms with Crippen molar-refractivity contribution in [3.63, 3.8) is 0 Å². The highest BCUT2D eigenvalue weighted by molar-refractivity contribution is 6.01. The summed E-state index contributed by atoms with van der Waals surface area (Å²) in [4.78, 5) is 23.4. The molecule has 0 saturated carbocycles. The summed E-state index contributed by atoms with van der Waals surface area (Å²) in [5.41, 5.74) is 1.38. The first-order chi connectivity index (χ1) is 10.1. The first kappa shape index (κ1) is 14.8. The van der Waals surface area contributed by atoms with Gasteiger partial charge in [0, 0.05) is 43.7 Å². The molecule has 2 rings (SSSR count). The Morgan fingerprint density at radius 1 is 1.38 bits per heavy atom. The summed E-state index contributed by atoms with van der Waals surface area (Å²) in [6.07, 6.45) is 9.12. The van der Waals surface area contributed by atoms with Gasteiger partial charge in [0.25, 0.3) is 5.56 Å². The molecular weight excluding hydrogens is 268 g/mol. The minimum Gasteiger partial charge on any atom is -0.321 e. The Labute approximate surface area is 122 Å². The van der Waals surface area contributed by atoms with E-state index in [1.165, 1.54) is 12.1 Å². The average molecular weight is 286 g/mol. The number of amides is 1. The van der Waals surface area contributed by atoms with Gasteiger partial charge in [-0.25, -0.2) is 0 Å². The maximum absolute atomic E-state index is 11.8. The van der Waals surface area contributed by atoms with E-state index in [2.05, 4.69) is 10.4 Å². The van der Waals surface area contributed by atoms with E-state index in [4.69, 9.17) is 0 Å². The second-order valence-electron chi connectivity index (χ2n) is 4.72. The average Bonchev–Trinajstić information content (AvgIpc) is 2.86. The second kappa shape index (κ2) is 6.69. The van der Waals surface area contributed by atoms with Crippen molar-refractivity contribution >= 4 is 17.7 Å². The Bertz CT molecular complexity index is 712. The zero-order chi connectivity index (χ0) is 15.2. The molecule has 0 aromatic carbocycles. The summed E-state index contributed by atoms with van der Waals surface area (Å²) in [5, 5.41) is 6.75. The minimum atomic E-state index is -0.249. The van der Waals surface area contributed by atoms with Gasteiger partial charge in [-0.1, -0.05) is 6.92 Å². The fourth-order valence-corrected chi connectivity index (χ4v) is 1.90. The lowest BCUT2D eigenvalue weighted by atomic mass is 10.3. The molecule has 0 aliphatic rings. The third kappa shape index (κ3) is 4.17. The lowest BCUT2D eigenvalue weighted by Gasteiger charge is -2.07. The molecule has 21 heavy (non-hydrogen) atoms. The van der Waals surface area contributed by atoms with Crippen LogP contribution in [0.3, 0.4) is 0 Å². The number of carbonyl (C=O) groups excluding carboxylic acids is 1. The van der Waals surface area contributed by atoms with Gasteiger partial charge in [0.15, 0.2) is 0 Å². The number of nitrogens with zero attached hydrogens (tertiary/aromatic N) is 3.